The Morgan fingerprint density at radius 2 is 1.82 bits per heavy atom. The van der Waals surface area contributed by atoms with Crippen molar-refractivity contribution in [1.82, 2.24) is 9.97 Å². The molecule has 0 aromatic carbocycles. The molecule has 1 aromatic heterocycles. The van der Waals surface area contributed by atoms with E-state index in [2.05, 4.69) is 27.6 Å². The lowest BCUT2D eigenvalue weighted by Crippen LogP contribution is -2.10. The van der Waals surface area contributed by atoms with Crippen LogP contribution in [0.4, 0.5) is 5.82 Å². The lowest BCUT2D eigenvalue weighted by molar-refractivity contribution is 0.669. The van der Waals surface area contributed by atoms with Gasteiger partial charge in [0, 0.05) is 12.3 Å². The van der Waals surface area contributed by atoms with E-state index in [0.29, 0.717) is 11.7 Å². The zero-order chi connectivity index (χ0) is 11.8. The Balaban J connectivity index is 1.90. The summed E-state index contributed by atoms with van der Waals surface area (Å²) in [6.07, 6.45) is 8.93. The van der Waals surface area contributed by atoms with Gasteiger partial charge >= 0.3 is 0 Å². The largest absolute Gasteiger partial charge is 0.383 e. The molecule has 0 bridgehead atoms. The smallest absolute Gasteiger partial charge is 0.140 e. The van der Waals surface area contributed by atoms with Gasteiger partial charge in [0.1, 0.15) is 11.6 Å². The highest BCUT2D eigenvalue weighted by Crippen LogP contribution is 2.37. The second-order valence-electron chi connectivity index (χ2n) is 5.35. The maximum absolute atomic E-state index is 6.03. The molecule has 0 unspecified atom stereocenters. The van der Waals surface area contributed by atoms with Gasteiger partial charge in [0.05, 0.1) is 9.26 Å². The number of nitrogen functional groups attached to an aromatic ring is 1. The summed E-state index contributed by atoms with van der Waals surface area (Å²) in [5, 5.41) is 0. The molecule has 2 aliphatic carbocycles. The first-order chi connectivity index (χ1) is 8.24. The Hall–Kier alpha value is -0.390. The highest BCUT2D eigenvalue weighted by atomic mass is 127. The fourth-order valence-electron chi connectivity index (χ4n) is 2.67. The van der Waals surface area contributed by atoms with E-state index in [9.17, 15) is 0 Å². The summed E-state index contributed by atoms with van der Waals surface area (Å²) in [7, 11) is 0. The van der Waals surface area contributed by atoms with Crippen molar-refractivity contribution in [1.29, 1.82) is 0 Å². The first-order valence-electron chi connectivity index (χ1n) is 6.56. The van der Waals surface area contributed by atoms with Crippen LogP contribution in [0.5, 0.6) is 0 Å². The van der Waals surface area contributed by atoms with E-state index in [0.717, 1.165) is 21.7 Å². The summed E-state index contributed by atoms with van der Waals surface area (Å²) in [6, 6.07) is 0. The lowest BCUT2D eigenvalue weighted by atomic mass is 10.0. The summed E-state index contributed by atoms with van der Waals surface area (Å²) in [4.78, 5) is 9.24. The third-order valence-corrected chi connectivity index (χ3v) is 4.96. The molecule has 3 nitrogen and oxygen atoms in total. The van der Waals surface area contributed by atoms with Crippen molar-refractivity contribution in [3.8, 4) is 0 Å². The molecule has 4 heteroatoms. The molecule has 2 saturated carbocycles. The number of nitrogens with zero attached hydrogens (tertiary/aromatic N) is 2. The molecule has 0 spiro atoms. The maximum atomic E-state index is 6.03. The Morgan fingerprint density at radius 3 is 2.47 bits per heavy atom. The summed E-state index contributed by atoms with van der Waals surface area (Å²) in [6.45, 7) is 0. The van der Waals surface area contributed by atoms with E-state index in [-0.39, 0.29) is 0 Å². The van der Waals surface area contributed by atoms with Crippen LogP contribution in [0.25, 0.3) is 0 Å². The van der Waals surface area contributed by atoms with Gasteiger partial charge in [-0.05, 0) is 54.2 Å². The van der Waals surface area contributed by atoms with Crippen LogP contribution in [0, 0.1) is 9.49 Å². The van der Waals surface area contributed by atoms with Gasteiger partial charge in [-0.3, -0.25) is 0 Å². The van der Waals surface area contributed by atoms with E-state index >= 15 is 0 Å². The van der Waals surface area contributed by atoms with Crippen LogP contribution in [-0.4, -0.2) is 9.97 Å². The normalized spacial score (nSPS) is 21.0. The van der Waals surface area contributed by atoms with Crippen molar-refractivity contribution < 1.29 is 0 Å². The Kier molecular flexibility index (Phi) is 3.23. The molecular formula is C13H18IN3. The molecular weight excluding hydrogens is 325 g/mol. The lowest BCUT2D eigenvalue weighted by Gasteiger charge is -2.13. The molecule has 0 saturated heterocycles. The van der Waals surface area contributed by atoms with E-state index < -0.39 is 0 Å². The molecule has 2 N–H and O–H groups in total. The minimum Gasteiger partial charge on any atom is -0.383 e. The molecule has 0 aliphatic heterocycles. The SMILES string of the molecule is Nc1nc(CC2CC2)nc(C2CCCC2)c1I. The molecule has 1 aromatic rings. The highest BCUT2D eigenvalue weighted by Gasteiger charge is 2.26. The molecule has 2 fully saturated rings. The monoisotopic (exact) mass is 343 g/mol. The van der Waals surface area contributed by atoms with Gasteiger partial charge in [-0.15, -0.1) is 0 Å². The van der Waals surface area contributed by atoms with Gasteiger partial charge in [0.15, 0.2) is 0 Å². The molecule has 3 rings (SSSR count). The zero-order valence-electron chi connectivity index (χ0n) is 9.95. The summed E-state index contributed by atoms with van der Waals surface area (Å²) in [5.41, 5.74) is 7.25. The molecule has 0 radical (unpaired) electrons. The van der Waals surface area contributed by atoms with Crippen LogP contribution < -0.4 is 5.73 Å². The van der Waals surface area contributed by atoms with Gasteiger partial charge < -0.3 is 5.73 Å². The van der Waals surface area contributed by atoms with Gasteiger partial charge in [-0.2, -0.15) is 0 Å². The minimum atomic E-state index is 0.630. The van der Waals surface area contributed by atoms with Crippen LogP contribution in [-0.2, 0) is 6.42 Å². The highest BCUT2D eigenvalue weighted by molar-refractivity contribution is 14.1. The molecule has 0 amide bonds. The van der Waals surface area contributed by atoms with Gasteiger partial charge in [-0.25, -0.2) is 9.97 Å². The summed E-state index contributed by atoms with van der Waals surface area (Å²) >= 11 is 2.31. The number of halogens is 1. The third kappa shape index (κ3) is 2.56. The third-order valence-electron chi connectivity index (χ3n) is 3.86. The summed E-state index contributed by atoms with van der Waals surface area (Å²) in [5.74, 6) is 3.13. The molecule has 0 atom stereocenters. The fraction of sp³-hybridized carbons (Fsp3) is 0.692. The number of anilines is 1. The number of hydrogen-bond donors (Lipinski definition) is 1. The van der Waals surface area contributed by atoms with Crippen LogP contribution >= 0.6 is 22.6 Å². The topological polar surface area (TPSA) is 51.8 Å². The first-order valence-corrected chi connectivity index (χ1v) is 7.63. The van der Waals surface area contributed by atoms with Crippen LogP contribution in [0.2, 0.25) is 0 Å². The van der Waals surface area contributed by atoms with E-state index in [4.69, 9.17) is 10.7 Å². The quantitative estimate of drug-likeness (QED) is 0.857. The Morgan fingerprint density at radius 1 is 1.12 bits per heavy atom. The average molecular weight is 343 g/mol. The second-order valence-corrected chi connectivity index (χ2v) is 6.43. The molecule has 92 valence electrons. The summed E-state index contributed by atoms with van der Waals surface area (Å²) < 4.78 is 1.09. The van der Waals surface area contributed by atoms with Crippen molar-refractivity contribution >= 4 is 28.4 Å². The van der Waals surface area contributed by atoms with E-state index in [1.807, 2.05) is 0 Å². The maximum Gasteiger partial charge on any atom is 0.140 e. The Labute approximate surface area is 116 Å². The van der Waals surface area contributed by atoms with E-state index in [1.165, 1.54) is 44.2 Å². The second kappa shape index (κ2) is 4.71. The van der Waals surface area contributed by atoms with Crippen molar-refractivity contribution in [2.45, 2.75) is 50.9 Å². The van der Waals surface area contributed by atoms with Crippen molar-refractivity contribution in [3.63, 3.8) is 0 Å². The van der Waals surface area contributed by atoms with Gasteiger partial charge in [0.25, 0.3) is 0 Å². The number of aromatic nitrogens is 2. The van der Waals surface area contributed by atoms with Gasteiger partial charge in [0.2, 0.25) is 0 Å². The van der Waals surface area contributed by atoms with Crippen molar-refractivity contribution in [3.05, 3.63) is 15.1 Å². The fourth-order valence-corrected chi connectivity index (χ4v) is 3.36. The van der Waals surface area contributed by atoms with Crippen molar-refractivity contribution in [2.75, 3.05) is 5.73 Å². The Bertz CT molecular complexity index is 423. The molecule has 1 heterocycles. The predicted molar refractivity (Wildman–Crippen MR) is 76.8 cm³/mol. The zero-order valence-corrected chi connectivity index (χ0v) is 12.1. The van der Waals surface area contributed by atoms with Crippen molar-refractivity contribution in [2.24, 2.45) is 5.92 Å². The van der Waals surface area contributed by atoms with Gasteiger partial charge in [-0.1, -0.05) is 12.8 Å². The first kappa shape index (κ1) is 11.7. The molecule has 17 heavy (non-hydrogen) atoms. The number of nitrogens with two attached hydrogens (primary N) is 1. The average Bonchev–Trinajstić information content (AvgIpc) is 2.95. The minimum absolute atomic E-state index is 0.630. The number of rotatable bonds is 3. The van der Waals surface area contributed by atoms with E-state index in [1.54, 1.807) is 0 Å². The predicted octanol–water partition coefficient (Wildman–Crippen LogP) is 3.27. The van der Waals surface area contributed by atoms with Crippen LogP contribution in [0.3, 0.4) is 0 Å². The van der Waals surface area contributed by atoms with Crippen LogP contribution in [0.1, 0.15) is 56.0 Å². The number of hydrogen-bond acceptors (Lipinski definition) is 3. The standard InChI is InChI=1S/C13H18IN3/c14-11-12(9-3-1-2-4-9)16-10(17-13(11)15)7-8-5-6-8/h8-9H,1-7H2,(H2,15,16,17). The molecule has 2 aliphatic rings. The van der Waals surface area contributed by atoms with Crippen LogP contribution in [0.15, 0.2) is 0 Å².